The Morgan fingerprint density at radius 1 is 1.50 bits per heavy atom. The quantitative estimate of drug-likeness (QED) is 0.847. The Kier molecular flexibility index (Phi) is 5.51. The van der Waals surface area contributed by atoms with Gasteiger partial charge in [0.25, 0.3) is 0 Å². The molecule has 2 unspecified atom stereocenters. The van der Waals surface area contributed by atoms with Crippen molar-refractivity contribution < 1.29 is 4.39 Å². The highest BCUT2D eigenvalue weighted by Crippen LogP contribution is 2.28. The highest BCUT2D eigenvalue weighted by molar-refractivity contribution is 7.99. The molecule has 1 aliphatic heterocycles. The molecule has 100 valence electrons. The van der Waals surface area contributed by atoms with Gasteiger partial charge in [-0.3, -0.25) is 0 Å². The Bertz CT molecular complexity index is 363. The summed E-state index contributed by atoms with van der Waals surface area (Å²) in [5, 5.41) is 3.64. The minimum Gasteiger partial charge on any atom is -0.313 e. The second-order valence-electron chi connectivity index (χ2n) is 5.02. The average Bonchev–Trinajstić information content (AvgIpc) is 2.88. The van der Waals surface area contributed by atoms with Crippen LogP contribution in [0.15, 0.2) is 24.3 Å². The Morgan fingerprint density at radius 2 is 2.39 bits per heavy atom. The first-order valence-corrected chi connectivity index (χ1v) is 8.00. The lowest BCUT2D eigenvalue weighted by molar-refractivity contribution is 0.380. The Morgan fingerprint density at radius 3 is 3.06 bits per heavy atom. The van der Waals surface area contributed by atoms with Gasteiger partial charge in [0.15, 0.2) is 0 Å². The topological polar surface area (TPSA) is 12.0 Å². The summed E-state index contributed by atoms with van der Waals surface area (Å²) in [5.74, 6) is 3.14. The first-order valence-electron chi connectivity index (χ1n) is 6.85. The zero-order valence-electron chi connectivity index (χ0n) is 11.0. The number of hydrogen-bond donors (Lipinski definition) is 1. The van der Waals surface area contributed by atoms with Crippen molar-refractivity contribution in [2.45, 2.75) is 32.2 Å². The van der Waals surface area contributed by atoms with Gasteiger partial charge in [-0.2, -0.15) is 11.8 Å². The van der Waals surface area contributed by atoms with Gasteiger partial charge in [-0.05, 0) is 60.9 Å². The van der Waals surface area contributed by atoms with Gasteiger partial charge in [-0.15, -0.1) is 0 Å². The van der Waals surface area contributed by atoms with Gasteiger partial charge in [-0.1, -0.05) is 19.1 Å². The number of rotatable bonds is 6. The van der Waals surface area contributed by atoms with Gasteiger partial charge in [0.2, 0.25) is 0 Å². The van der Waals surface area contributed by atoms with E-state index in [1.54, 1.807) is 6.07 Å². The fraction of sp³-hybridized carbons (Fsp3) is 0.600. The summed E-state index contributed by atoms with van der Waals surface area (Å²) in [6.07, 6.45) is 3.39. The number of benzene rings is 1. The zero-order valence-corrected chi connectivity index (χ0v) is 11.8. The lowest BCUT2D eigenvalue weighted by Crippen LogP contribution is -2.38. The highest BCUT2D eigenvalue weighted by Gasteiger charge is 2.25. The average molecular weight is 267 g/mol. The van der Waals surface area contributed by atoms with E-state index in [0.717, 1.165) is 30.9 Å². The fourth-order valence-corrected chi connectivity index (χ4v) is 3.86. The summed E-state index contributed by atoms with van der Waals surface area (Å²) >= 11 is 2.04. The molecule has 2 atom stereocenters. The van der Waals surface area contributed by atoms with E-state index in [9.17, 15) is 4.39 Å². The van der Waals surface area contributed by atoms with Crippen LogP contribution in [0.2, 0.25) is 0 Å². The van der Waals surface area contributed by atoms with Crippen molar-refractivity contribution in [1.82, 2.24) is 5.32 Å². The lowest BCUT2D eigenvalue weighted by atomic mass is 9.93. The van der Waals surface area contributed by atoms with E-state index < -0.39 is 0 Å². The molecule has 1 heterocycles. The summed E-state index contributed by atoms with van der Waals surface area (Å²) in [7, 11) is 0. The Labute approximate surface area is 114 Å². The van der Waals surface area contributed by atoms with Crippen LogP contribution in [0, 0.1) is 11.7 Å². The third-order valence-electron chi connectivity index (χ3n) is 3.54. The third-order valence-corrected chi connectivity index (χ3v) is 4.72. The molecule has 1 fully saturated rings. The Balaban J connectivity index is 1.99. The predicted molar refractivity (Wildman–Crippen MR) is 77.6 cm³/mol. The largest absolute Gasteiger partial charge is 0.313 e. The monoisotopic (exact) mass is 267 g/mol. The van der Waals surface area contributed by atoms with Crippen LogP contribution in [0.25, 0.3) is 0 Å². The molecular weight excluding hydrogens is 245 g/mol. The molecule has 1 nitrogen and oxygen atoms in total. The van der Waals surface area contributed by atoms with Crippen LogP contribution in [0.1, 0.15) is 25.3 Å². The fourth-order valence-electron chi connectivity index (χ4n) is 2.52. The smallest absolute Gasteiger partial charge is 0.123 e. The number of halogens is 1. The van der Waals surface area contributed by atoms with Crippen molar-refractivity contribution in [2.24, 2.45) is 5.92 Å². The molecule has 0 radical (unpaired) electrons. The standard InChI is InChI=1S/C15H22FNS/c1-2-7-17-15(13-6-8-18-11-13)10-12-4-3-5-14(16)9-12/h3-5,9,13,15,17H,2,6-8,10-11H2,1H3. The van der Waals surface area contributed by atoms with Gasteiger partial charge in [0, 0.05) is 6.04 Å². The molecule has 1 aliphatic rings. The molecule has 1 saturated heterocycles. The van der Waals surface area contributed by atoms with E-state index in [1.165, 1.54) is 24.0 Å². The molecule has 0 amide bonds. The molecule has 0 spiro atoms. The first kappa shape index (κ1) is 13.9. The second-order valence-corrected chi connectivity index (χ2v) is 6.17. The van der Waals surface area contributed by atoms with Crippen molar-refractivity contribution in [2.75, 3.05) is 18.1 Å². The van der Waals surface area contributed by atoms with Gasteiger partial charge in [-0.25, -0.2) is 4.39 Å². The van der Waals surface area contributed by atoms with E-state index in [4.69, 9.17) is 0 Å². The highest BCUT2D eigenvalue weighted by atomic mass is 32.2. The van der Waals surface area contributed by atoms with Gasteiger partial charge < -0.3 is 5.32 Å². The summed E-state index contributed by atoms with van der Waals surface area (Å²) in [6.45, 7) is 3.25. The maximum absolute atomic E-state index is 13.2. The van der Waals surface area contributed by atoms with Gasteiger partial charge in [0.05, 0.1) is 0 Å². The maximum atomic E-state index is 13.2. The summed E-state index contributed by atoms with van der Waals surface area (Å²) in [6, 6.07) is 7.53. The number of thioether (sulfide) groups is 1. The summed E-state index contributed by atoms with van der Waals surface area (Å²) < 4.78 is 13.2. The van der Waals surface area contributed by atoms with Gasteiger partial charge >= 0.3 is 0 Å². The molecule has 2 rings (SSSR count). The van der Waals surface area contributed by atoms with E-state index in [2.05, 4.69) is 12.2 Å². The van der Waals surface area contributed by atoms with Crippen molar-refractivity contribution in [3.63, 3.8) is 0 Å². The van der Waals surface area contributed by atoms with E-state index in [-0.39, 0.29) is 5.82 Å². The summed E-state index contributed by atoms with van der Waals surface area (Å²) in [5.41, 5.74) is 1.11. The molecule has 0 saturated carbocycles. The molecular formula is C15H22FNS. The zero-order chi connectivity index (χ0) is 12.8. The van der Waals surface area contributed by atoms with Crippen LogP contribution in [0.4, 0.5) is 4.39 Å². The van der Waals surface area contributed by atoms with E-state index in [0.29, 0.717) is 6.04 Å². The second kappa shape index (κ2) is 7.15. The molecule has 3 heteroatoms. The van der Waals surface area contributed by atoms with Crippen LogP contribution in [0.5, 0.6) is 0 Å². The van der Waals surface area contributed by atoms with Crippen molar-refractivity contribution >= 4 is 11.8 Å². The molecule has 0 aliphatic carbocycles. The molecule has 0 aromatic heterocycles. The van der Waals surface area contributed by atoms with Crippen LogP contribution in [0.3, 0.4) is 0 Å². The normalized spacial score (nSPS) is 21.1. The minimum atomic E-state index is -0.123. The van der Waals surface area contributed by atoms with Crippen LogP contribution < -0.4 is 5.32 Å². The Hall–Kier alpha value is -0.540. The number of hydrogen-bond acceptors (Lipinski definition) is 2. The number of nitrogens with one attached hydrogen (secondary N) is 1. The van der Waals surface area contributed by atoms with Crippen LogP contribution in [-0.2, 0) is 6.42 Å². The van der Waals surface area contributed by atoms with Gasteiger partial charge in [0.1, 0.15) is 5.82 Å². The summed E-state index contributed by atoms with van der Waals surface area (Å²) in [4.78, 5) is 0. The van der Waals surface area contributed by atoms with E-state index >= 15 is 0 Å². The minimum absolute atomic E-state index is 0.123. The van der Waals surface area contributed by atoms with E-state index in [1.807, 2.05) is 23.9 Å². The predicted octanol–water partition coefficient (Wildman–Crippen LogP) is 3.49. The van der Waals surface area contributed by atoms with Crippen LogP contribution >= 0.6 is 11.8 Å². The molecule has 1 N–H and O–H groups in total. The molecule has 18 heavy (non-hydrogen) atoms. The van der Waals surface area contributed by atoms with Crippen molar-refractivity contribution in [3.8, 4) is 0 Å². The van der Waals surface area contributed by atoms with Crippen molar-refractivity contribution in [1.29, 1.82) is 0 Å². The third kappa shape index (κ3) is 3.99. The van der Waals surface area contributed by atoms with Crippen molar-refractivity contribution in [3.05, 3.63) is 35.6 Å². The maximum Gasteiger partial charge on any atom is 0.123 e. The first-order chi connectivity index (χ1) is 8.79. The SMILES string of the molecule is CCCNC(Cc1cccc(F)c1)C1CCSC1. The lowest BCUT2D eigenvalue weighted by Gasteiger charge is -2.24. The molecule has 0 bridgehead atoms. The molecule has 1 aromatic carbocycles. The van der Waals surface area contributed by atoms with Crippen LogP contribution in [-0.4, -0.2) is 24.1 Å². The molecule has 1 aromatic rings.